The van der Waals surface area contributed by atoms with Crippen LogP contribution in [0.2, 0.25) is 10.0 Å². The maximum absolute atomic E-state index is 12.3. The summed E-state index contributed by atoms with van der Waals surface area (Å²) in [6.45, 7) is 5.83. The number of benzene rings is 2. The van der Waals surface area contributed by atoms with Crippen LogP contribution in [-0.4, -0.2) is 43.5 Å². The highest BCUT2D eigenvalue weighted by molar-refractivity contribution is 6.42. The topological polar surface area (TPSA) is 35.6 Å². The van der Waals surface area contributed by atoms with Crippen LogP contribution in [0, 0.1) is 0 Å². The number of rotatable bonds is 5. The van der Waals surface area contributed by atoms with Gasteiger partial charge in [0.1, 0.15) is 0 Å². The Balaban J connectivity index is 1.47. The Morgan fingerprint density at radius 2 is 1.73 bits per heavy atom. The third kappa shape index (κ3) is 4.91. The Kier molecular flexibility index (Phi) is 6.41. The number of halogens is 2. The van der Waals surface area contributed by atoms with E-state index in [9.17, 15) is 4.79 Å². The first-order valence-electron chi connectivity index (χ1n) is 8.79. The molecular formula is C20H23Cl2N3O. The Bertz CT molecular complexity index is 746. The summed E-state index contributed by atoms with van der Waals surface area (Å²) in [5, 5.41) is 4.21. The first-order chi connectivity index (χ1) is 12.5. The lowest BCUT2D eigenvalue weighted by Crippen LogP contribution is -2.49. The standard InChI is InChI=1S/C20H23Cl2N3O/c1-15(16-5-3-2-4-6-16)23-20(26)14-24-9-11-25(12-10-24)17-7-8-18(21)19(22)13-17/h2-8,13,15H,9-12,14H2,1H3,(H,23,26). The molecule has 1 aliphatic heterocycles. The second kappa shape index (κ2) is 8.76. The van der Waals surface area contributed by atoms with Gasteiger partial charge in [0.2, 0.25) is 5.91 Å². The van der Waals surface area contributed by atoms with Crippen LogP contribution in [0.1, 0.15) is 18.5 Å². The van der Waals surface area contributed by atoms with Crippen LogP contribution in [0.4, 0.5) is 5.69 Å². The highest BCUT2D eigenvalue weighted by Crippen LogP contribution is 2.27. The summed E-state index contributed by atoms with van der Waals surface area (Å²) in [5.41, 5.74) is 2.19. The largest absolute Gasteiger partial charge is 0.369 e. The number of carbonyl (C=O) groups is 1. The Morgan fingerprint density at radius 3 is 2.38 bits per heavy atom. The summed E-state index contributed by atoms with van der Waals surface area (Å²) in [7, 11) is 0. The van der Waals surface area contributed by atoms with Crippen LogP contribution >= 0.6 is 23.2 Å². The van der Waals surface area contributed by atoms with Crippen molar-refractivity contribution in [1.29, 1.82) is 0 Å². The van der Waals surface area contributed by atoms with E-state index in [2.05, 4.69) is 15.1 Å². The van der Waals surface area contributed by atoms with Gasteiger partial charge < -0.3 is 10.2 Å². The number of nitrogens with one attached hydrogen (secondary N) is 1. The molecule has 1 unspecified atom stereocenters. The zero-order valence-electron chi connectivity index (χ0n) is 14.8. The molecule has 1 saturated heterocycles. The second-order valence-electron chi connectivity index (χ2n) is 6.56. The number of amides is 1. The molecule has 0 radical (unpaired) electrons. The van der Waals surface area contributed by atoms with Gasteiger partial charge in [-0.25, -0.2) is 0 Å². The Hall–Kier alpha value is -1.75. The summed E-state index contributed by atoms with van der Waals surface area (Å²) in [5.74, 6) is 0.0596. The predicted octanol–water partition coefficient (Wildman–Crippen LogP) is 3.99. The fourth-order valence-corrected chi connectivity index (χ4v) is 3.45. The van der Waals surface area contributed by atoms with Gasteiger partial charge in [0.15, 0.2) is 0 Å². The van der Waals surface area contributed by atoms with E-state index in [1.165, 1.54) is 0 Å². The van der Waals surface area contributed by atoms with E-state index in [0.29, 0.717) is 16.6 Å². The summed E-state index contributed by atoms with van der Waals surface area (Å²) < 4.78 is 0. The average molecular weight is 392 g/mol. The first-order valence-corrected chi connectivity index (χ1v) is 9.55. The number of hydrogen-bond donors (Lipinski definition) is 1. The van der Waals surface area contributed by atoms with Crippen molar-refractivity contribution in [3.05, 3.63) is 64.1 Å². The minimum atomic E-state index is 0.0150. The van der Waals surface area contributed by atoms with Gasteiger partial charge in [-0.05, 0) is 30.7 Å². The highest BCUT2D eigenvalue weighted by atomic mass is 35.5. The fourth-order valence-electron chi connectivity index (χ4n) is 3.16. The number of nitrogens with zero attached hydrogens (tertiary/aromatic N) is 2. The van der Waals surface area contributed by atoms with Crippen molar-refractivity contribution in [3.63, 3.8) is 0 Å². The first kappa shape index (κ1) is 19.0. The summed E-state index contributed by atoms with van der Waals surface area (Å²) in [6, 6.07) is 15.7. The summed E-state index contributed by atoms with van der Waals surface area (Å²) >= 11 is 12.1. The lowest BCUT2D eigenvalue weighted by molar-refractivity contribution is -0.123. The molecule has 0 bridgehead atoms. The molecule has 2 aromatic carbocycles. The van der Waals surface area contributed by atoms with Crippen LogP contribution in [0.25, 0.3) is 0 Å². The maximum atomic E-state index is 12.3. The van der Waals surface area contributed by atoms with E-state index < -0.39 is 0 Å². The molecule has 0 aromatic heterocycles. The average Bonchev–Trinajstić information content (AvgIpc) is 2.65. The molecule has 1 N–H and O–H groups in total. The van der Waals surface area contributed by atoms with Gasteiger partial charge in [-0.3, -0.25) is 9.69 Å². The van der Waals surface area contributed by atoms with Gasteiger partial charge >= 0.3 is 0 Å². The lowest BCUT2D eigenvalue weighted by Gasteiger charge is -2.36. The zero-order chi connectivity index (χ0) is 18.5. The third-order valence-corrected chi connectivity index (χ3v) is 5.42. The molecule has 1 fully saturated rings. The minimum absolute atomic E-state index is 0.0150. The van der Waals surface area contributed by atoms with Crippen LogP contribution in [0.3, 0.4) is 0 Å². The fraction of sp³-hybridized carbons (Fsp3) is 0.350. The van der Waals surface area contributed by atoms with E-state index in [-0.39, 0.29) is 11.9 Å². The third-order valence-electron chi connectivity index (χ3n) is 4.68. The van der Waals surface area contributed by atoms with Gasteiger partial charge in [-0.1, -0.05) is 53.5 Å². The molecule has 4 nitrogen and oxygen atoms in total. The van der Waals surface area contributed by atoms with Crippen molar-refractivity contribution in [3.8, 4) is 0 Å². The van der Waals surface area contributed by atoms with Crippen LogP contribution in [0.15, 0.2) is 48.5 Å². The molecule has 3 rings (SSSR count). The van der Waals surface area contributed by atoms with E-state index in [1.807, 2.05) is 55.5 Å². The molecule has 6 heteroatoms. The summed E-state index contributed by atoms with van der Waals surface area (Å²) in [6.07, 6.45) is 0. The molecule has 1 amide bonds. The van der Waals surface area contributed by atoms with E-state index in [4.69, 9.17) is 23.2 Å². The van der Waals surface area contributed by atoms with Crippen molar-refractivity contribution >= 4 is 34.8 Å². The number of carbonyl (C=O) groups excluding carboxylic acids is 1. The lowest BCUT2D eigenvalue weighted by atomic mass is 10.1. The smallest absolute Gasteiger partial charge is 0.234 e. The molecular weight excluding hydrogens is 369 g/mol. The normalized spacial score (nSPS) is 16.3. The molecule has 138 valence electrons. The second-order valence-corrected chi connectivity index (χ2v) is 7.38. The van der Waals surface area contributed by atoms with Crippen molar-refractivity contribution in [2.75, 3.05) is 37.6 Å². The molecule has 0 spiro atoms. The summed E-state index contributed by atoms with van der Waals surface area (Å²) in [4.78, 5) is 16.8. The zero-order valence-corrected chi connectivity index (χ0v) is 16.3. The Morgan fingerprint density at radius 1 is 1.04 bits per heavy atom. The molecule has 2 aromatic rings. The van der Waals surface area contributed by atoms with Crippen molar-refractivity contribution in [1.82, 2.24) is 10.2 Å². The van der Waals surface area contributed by atoms with E-state index in [0.717, 1.165) is 37.4 Å². The van der Waals surface area contributed by atoms with Crippen molar-refractivity contribution in [2.24, 2.45) is 0 Å². The van der Waals surface area contributed by atoms with Crippen LogP contribution < -0.4 is 10.2 Å². The van der Waals surface area contributed by atoms with Crippen LogP contribution in [-0.2, 0) is 4.79 Å². The molecule has 26 heavy (non-hydrogen) atoms. The van der Waals surface area contributed by atoms with E-state index >= 15 is 0 Å². The van der Waals surface area contributed by atoms with Gasteiger partial charge in [0.25, 0.3) is 0 Å². The van der Waals surface area contributed by atoms with Crippen molar-refractivity contribution < 1.29 is 4.79 Å². The van der Waals surface area contributed by atoms with Gasteiger partial charge in [0.05, 0.1) is 22.6 Å². The quantitative estimate of drug-likeness (QED) is 0.836. The number of hydrogen-bond acceptors (Lipinski definition) is 3. The van der Waals surface area contributed by atoms with Gasteiger partial charge in [-0.2, -0.15) is 0 Å². The molecule has 1 atom stereocenters. The SMILES string of the molecule is CC(NC(=O)CN1CCN(c2ccc(Cl)c(Cl)c2)CC1)c1ccccc1. The number of piperazine rings is 1. The van der Waals surface area contributed by atoms with E-state index in [1.54, 1.807) is 0 Å². The van der Waals surface area contributed by atoms with Gasteiger partial charge in [0, 0.05) is 31.9 Å². The van der Waals surface area contributed by atoms with Crippen LogP contribution in [0.5, 0.6) is 0 Å². The van der Waals surface area contributed by atoms with Crippen molar-refractivity contribution in [2.45, 2.75) is 13.0 Å². The number of anilines is 1. The minimum Gasteiger partial charge on any atom is -0.369 e. The highest BCUT2D eigenvalue weighted by Gasteiger charge is 2.20. The molecule has 1 heterocycles. The molecule has 0 saturated carbocycles. The predicted molar refractivity (Wildman–Crippen MR) is 108 cm³/mol. The molecule has 1 aliphatic rings. The maximum Gasteiger partial charge on any atom is 0.234 e. The molecule has 0 aliphatic carbocycles. The monoisotopic (exact) mass is 391 g/mol. The Labute approximate surface area is 164 Å². The van der Waals surface area contributed by atoms with Gasteiger partial charge in [-0.15, -0.1) is 0 Å².